The zero-order chi connectivity index (χ0) is 13.7. The van der Waals surface area contributed by atoms with Crippen LogP contribution in [0.25, 0.3) is 0 Å². The van der Waals surface area contributed by atoms with E-state index >= 15 is 0 Å². The van der Waals surface area contributed by atoms with Gasteiger partial charge in [0, 0.05) is 37.7 Å². The summed E-state index contributed by atoms with van der Waals surface area (Å²) < 4.78 is 12.3. The van der Waals surface area contributed by atoms with E-state index in [1.54, 1.807) is 17.7 Å². The molecule has 1 N–H and O–H groups in total. The smallest absolute Gasteiger partial charge is 0.252 e. The van der Waals surface area contributed by atoms with E-state index in [2.05, 4.69) is 5.32 Å². The van der Waals surface area contributed by atoms with Crippen LogP contribution in [0.15, 0.2) is 16.9 Å². The average Bonchev–Trinajstić information content (AvgIpc) is 2.87. The summed E-state index contributed by atoms with van der Waals surface area (Å²) in [6.07, 6.45) is 2.32. The Morgan fingerprint density at radius 3 is 3.00 bits per heavy atom. The highest BCUT2D eigenvalue weighted by molar-refractivity contribution is 5.43. The monoisotopic (exact) mass is 266 g/mol. The molecule has 0 saturated carbocycles. The van der Waals surface area contributed by atoms with Crippen molar-refractivity contribution in [1.29, 1.82) is 0 Å². The number of pyridine rings is 1. The summed E-state index contributed by atoms with van der Waals surface area (Å²) in [7, 11) is 1.66. The van der Waals surface area contributed by atoms with E-state index in [0.29, 0.717) is 19.7 Å². The number of rotatable bonds is 6. The van der Waals surface area contributed by atoms with Crippen molar-refractivity contribution in [1.82, 2.24) is 4.57 Å². The van der Waals surface area contributed by atoms with Gasteiger partial charge in [-0.3, -0.25) is 4.79 Å². The lowest BCUT2D eigenvalue weighted by atomic mass is 10.2. The second kappa shape index (κ2) is 6.73. The summed E-state index contributed by atoms with van der Waals surface area (Å²) in [5.41, 5.74) is 1.83. The van der Waals surface area contributed by atoms with Crippen LogP contribution in [0.5, 0.6) is 0 Å². The molecule has 0 aromatic carbocycles. The van der Waals surface area contributed by atoms with Crippen LogP contribution in [0, 0.1) is 6.92 Å². The predicted octanol–water partition coefficient (Wildman–Crippen LogP) is 1.39. The van der Waals surface area contributed by atoms with Gasteiger partial charge in [-0.25, -0.2) is 0 Å². The summed E-state index contributed by atoms with van der Waals surface area (Å²) in [5, 5.41) is 3.18. The summed E-state index contributed by atoms with van der Waals surface area (Å²) >= 11 is 0. The predicted molar refractivity (Wildman–Crippen MR) is 74.8 cm³/mol. The molecule has 106 valence electrons. The van der Waals surface area contributed by atoms with Crippen LogP contribution in [0.2, 0.25) is 0 Å². The first kappa shape index (κ1) is 14.1. The molecule has 2 heterocycles. The molecule has 19 heavy (non-hydrogen) atoms. The Bertz CT molecular complexity index is 464. The lowest BCUT2D eigenvalue weighted by Crippen LogP contribution is -2.28. The number of hydrogen-bond acceptors (Lipinski definition) is 4. The maximum absolute atomic E-state index is 12.1. The minimum atomic E-state index is 0.0235. The summed E-state index contributed by atoms with van der Waals surface area (Å²) in [5.74, 6) is 0. The molecule has 1 fully saturated rings. The molecule has 1 aromatic rings. The fourth-order valence-electron chi connectivity index (χ4n) is 2.35. The van der Waals surface area contributed by atoms with E-state index < -0.39 is 0 Å². The van der Waals surface area contributed by atoms with Crippen LogP contribution >= 0.6 is 0 Å². The molecule has 1 aliphatic heterocycles. The van der Waals surface area contributed by atoms with Crippen LogP contribution in [0.3, 0.4) is 0 Å². The lowest BCUT2D eigenvalue weighted by Gasteiger charge is -2.16. The Balaban J connectivity index is 2.05. The topological polar surface area (TPSA) is 52.5 Å². The Morgan fingerprint density at radius 1 is 1.53 bits per heavy atom. The third-order valence-electron chi connectivity index (χ3n) is 3.38. The molecule has 2 rings (SSSR count). The molecule has 1 aliphatic rings. The molecule has 0 radical (unpaired) electrons. The van der Waals surface area contributed by atoms with Gasteiger partial charge in [0.05, 0.1) is 19.3 Å². The Kier molecular flexibility index (Phi) is 4.99. The summed E-state index contributed by atoms with van der Waals surface area (Å²) in [6.45, 7) is 4.75. The third kappa shape index (κ3) is 3.81. The largest absolute Gasteiger partial charge is 0.383 e. The van der Waals surface area contributed by atoms with Crippen molar-refractivity contribution in [3.63, 3.8) is 0 Å². The van der Waals surface area contributed by atoms with Gasteiger partial charge in [-0.15, -0.1) is 0 Å². The van der Waals surface area contributed by atoms with Crippen molar-refractivity contribution in [2.75, 3.05) is 32.2 Å². The second-order valence-corrected chi connectivity index (χ2v) is 4.89. The molecular weight excluding hydrogens is 244 g/mol. The average molecular weight is 266 g/mol. The van der Waals surface area contributed by atoms with Crippen molar-refractivity contribution < 1.29 is 9.47 Å². The van der Waals surface area contributed by atoms with Gasteiger partial charge in [-0.05, 0) is 25.8 Å². The number of methoxy groups -OCH3 is 1. The number of hydrogen-bond donors (Lipinski definition) is 1. The number of nitrogens with one attached hydrogen (secondary N) is 1. The molecule has 1 atom stereocenters. The molecular formula is C14H22N2O3. The highest BCUT2D eigenvalue weighted by Crippen LogP contribution is 2.15. The minimum absolute atomic E-state index is 0.0235. The first-order valence-corrected chi connectivity index (χ1v) is 6.76. The molecule has 5 heteroatoms. The standard InChI is InChI=1S/C14H22N2O3/c1-11-8-12(15-5-7-18-2)9-14(17)16(11)10-13-4-3-6-19-13/h8-9,13,15H,3-7,10H2,1-2H3. The van der Waals surface area contributed by atoms with Crippen LogP contribution in [-0.4, -0.2) is 37.5 Å². The number of aromatic nitrogens is 1. The van der Waals surface area contributed by atoms with E-state index in [0.717, 1.165) is 30.8 Å². The van der Waals surface area contributed by atoms with Crippen LogP contribution < -0.4 is 10.9 Å². The molecule has 1 saturated heterocycles. The highest BCUT2D eigenvalue weighted by atomic mass is 16.5. The van der Waals surface area contributed by atoms with Crippen LogP contribution in [-0.2, 0) is 16.0 Å². The molecule has 5 nitrogen and oxygen atoms in total. The SMILES string of the molecule is COCCNc1cc(C)n(CC2CCCO2)c(=O)c1. The first-order valence-electron chi connectivity index (χ1n) is 6.76. The Morgan fingerprint density at radius 2 is 2.37 bits per heavy atom. The van der Waals surface area contributed by atoms with E-state index in [9.17, 15) is 4.79 Å². The molecule has 0 aliphatic carbocycles. The zero-order valence-electron chi connectivity index (χ0n) is 11.6. The summed E-state index contributed by atoms with van der Waals surface area (Å²) in [6, 6.07) is 3.63. The number of anilines is 1. The molecule has 0 amide bonds. The normalized spacial score (nSPS) is 18.7. The zero-order valence-corrected chi connectivity index (χ0v) is 11.6. The number of ether oxygens (including phenoxy) is 2. The van der Waals surface area contributed by atoms with Crippen molar-refractivity contribution >= 4 is 5.69 Å². The fourth-order valence-corrected chi connectivity index (χ4v) is 2.35. The van der Waals surface area contributed by atoms with Gasteiger partial charge in [-0.2, -0.15) is 0 Å². The molecule has 1 unspecified atom stereocenters. The van der Waals surface area contributed by atoms with Gasteiger partial charge in [0.2, 0.25) is 0 Å². The summed E-state index contributed by atoms with van der Waals surface area (Å²) in [4.78, 5) is 12.1. The van der Waals surface area contributed by atoms with Gasteiger partial charge in [0.1, 0.15) is 0 Å². The quantitative estimate of drug-likeness (QED) is 0.791. The van der Waals surface area contributed by atoms with E-state index in [4.69, 9.17) is 9.47 Å². The van der Waals surface area contributed by atoms with Crippen molar-refractivity contribution in [3.05, 3.63) is 28.2 Å². The molecule has 1 aromatic heterocycles. The maximum atomic E-state index is 12.1. The van der Waals surface area contributed by atoms with Gasteiger partial charge in [0.25, 0.3) is 5.56 Å². The fraction of sp³-hybridized carbons (Fsp3) is 0.643. The van der Waals surface area contributed by atoms with Gasteiger partial charge in [0.15, 0.2) is 0 Å². The number of nitrogens with zero attached hydrogens (tertiary/aromatic N) is 1. The van der Waals surface area contributed by atoms with Gasteiger partial charge in [-0.1, -0.05) is 0 Å². The second-order valence-electron chi connectivity index (χ2n) is 4.89. The van der Waals surface area contributed by atoms with Crippen molar-refractivity contribution in [3.8, 4) is 0 Å². The minimum Gasteiger partial charge on any atom is -0.383 e. The molecule has 0 bridgehead atoms. The molecule has 0 spiro atoms. The van der Waals surface area contributed by atoms with Gasteiger partial charge >= 0.3 is 0 Å². The van der Waals surface area contributed by atoms with Crippen LogP contribution in [0.1, 0.15) is 18.5 Å². The number of aryl methyl sites for hydroxylation is 1. The van der Waals surface area contributed by atoms with E-state index in [1.807, 2.05) is 13.0 Å². The maximum Gasteiger partial charge on any atom is 0.252 e. The lowest BCUT2D eigenvalue weighted by molar-refractivity contribution is 0.0956. The Hall–Kier alpha value is -1.33. The highest BCUT2D eigenvalue weighted by Gasteiger charge is 2.17. The van der Waals surface area contributed by atoms with Crippen LogP contribution in [0.4, 0.5) is 5.69 Å². The van der Waals surface area contributed by atoms with E-state index in [-0.39, 0.29) is 11.7 Å². The third-order valence-corrected chi connectivity index (χ3v) is 3.38. The van der Waals surface area contributed by atoms with E-state index in [1.165, 1.54) is 0 Å². The van der Waals surface area contributed by atoms with Crippen molar-refractivity contribution in [2.24, 2.45) is 0 Å². The Labute approximate surface area is 113 Å². The van der Waals surface area contributed by atoms with Gasteiger partial charge < -0.3 is 19.4 Å². The van der Waals surface area contributed by atoms with Crippen molar-refractivity contribution in [2.45, 2.75) is 32.4 Å². The first-order chi connectivity index (χ1) is 9.20.